The van der Waals surface area contributed by atoms with Crippen molar-refractivity contribution in [2.75, 3.05) is 0 Å². The Morgan fingerprint density at radius 2 is 1.97 bits per heavy atom. The number of hydrogen-bond donors (Lipinski definition) is 0. The highest BCUT2D eigenvalue weighted by Gasteiger charge is 2.56. The first-order valence-corrected chi connectivity index (χ1v) is 11.0. The molecule has 6 unspecified atom stereocenters. The highest BCUT2D eigenvalue weighted by Crippen LogP contribution is 2.66. The van der Waals surface area contributed by atoms with Crippen LogP contribution in [0.4, 0.5) is 4.39 Å². The summed E-state index contributed by atoms with van der Waals surface area (Å²) in [4.78, 5) is 15.3. The van der Waals surface area contributed by atoms with E-state index in [0.29, 0.717) is 17.8 Å². The van der Waals surface area contributed by atoms with Crippen LogP contribution >= 0.6 is 0 Å². The Labute approximate surface area is 172 Å². The van der Waals surface area contributed by atoms with E-state index >= 15 is 0 Å². The summed E-state index contributed by atoms with van der Waals surface area (Å²) in [6.07, 6.45) is 15.1. The topological polar surface area (TPSA) is 42.3 Å². The molecule has 152 valence electrons. The predicted molar refractivity (Wildman–Crippen MR) is 113 cm³/mol. The van der Waals surface area contributed by atoms with E-state index in [9.17, 15) is 9.30 Å². The SMILES string of the molecule is CC1CC2C3=CC=C(c4cncc(F)c4)C3(C)CCC2C2(C)CCC(N=O)C=C12. The first kappa shape index (κ1) is 18.9. The molecular formula is C25H29FN2O. The van der Waals surface area contributed by atoms with Crippen LogP contribution in [0.2, 0.25) is 0 Å². The molecule has 0 spiro atoms. The summed E-state index contributed by atoms with van der Waals surface area (Å²) < 4.78 is 13.8. The van der Waals surface area contributed by atoms with Crippen LogP contribution in [0.1, 0.15) is 58.4 Å². The van der Waals surface area contributed by atoms with Crippen molar-refractivity contribution >= 4 is 5.57 Å². The lowest BCUT2D eigenvalue weighted by atomic mass is 9.46. The molecule has 2 fully saturated rings. The van der Waals surface area contributed by atoms with Gasteiger partial charge in [-0.25, -0.2) is 4.39 Å². The number of nitrogens with zero attached hydrogens (tertiary/aromatic N) is 2. The van der Waals surface area contributed by atoms with Gasteiger partial charge in [0.1, 0.15) is 11.9 Å². The molecule has 2 saturated carbocycles. The van der Waals surface area contributed by atoms with E-state index in [1.807, 2.05) is 0 Å². The normalized spacial score (nSPS) is 40.8. The van der Waals surface area contributed by atoms with Crippen LogP contribution in [0, 0.1) is 39.3 Å². The molecule has 0 amide bonds. The summed E-state index contributed by atoms with van der Waals surface area (Å²) in [6, 6.07) is 1.47. The molecule has 0 radical (unpaired) electrons. The summed E-state index contributed by atoms with van der Waals surface area (Å²) in [5.74, 6) is 1.34. The van der Waals surface area contributed by atoms with Crippen molar-refractivity contribution in [3.8, 4) is 0 Å². The molecule has 0 aromatic carbocycles. The number of fused-ring (bicyclic) bond motifs is 5. The Kier molecular flexibility index (Phi) is 4.20. The number of nitroso groups, excluding NO2 is 1. The van der Waals surface area contributed by atoms with Gasteiger partial charge in [0.15, 0.2) is 0 Å². The Morgan fingerprint density at radius 3 is 2.72 bits per heavy atom. The summed E-state index contributed by atoms with van der Waals surface area (Å²) >= 11 is 0. The van der Waals surface area contributed by atoms with Crippen LogP contribution in [0.5, 0.6) is 0 Å². The lowest BCUT2D eigenvalue weighted by Crippen LogP contribution is -2.49. The summed E-state index contributed by atoms with van der Waals surface area (Å²) in [5.41, 5.74) is 5.25. The molecule has 0 aliphatic heterocycles. The Balaban J connectivity index is 1.50. The van der Waals surface area contributed by atoms with Crippen molar-refractivity contribution in [3.63, 3.8) is 0 Å². The number of halogens is 1. The van der Waals surface area contributed by atoms with Crippen LogP contribution in [-0.2, 0) is 0 Å². The second-order valence-electron chi connectivity index (χ2n) is 10.1. The van der Waals surface area contributed by atoms with Gasteiger partial charge in [-0.05, 0) is 72.5 Å². The Morgan fingerprint density at radius 1 is 1.14 bits per heavy atom. The largest absolute Gasteiger partial charge is 0.261 e. The quantitative estimate of drug-likeness (QED) is 0.427. The zero-order valence-electron chi connectivity index (χ0n) is 17.5. The van der Waals surface area contributed by atoms with Gasteiger partial charge in [0.25, 0.3) is 0 Å². The third kappa shape index (κ3) is 2.64. The van der Waals surface area contributed by atoms with E-state index in [2.05, 4.69) is 49.2 Å². The monoisotopic (exact) mass is 392 g/mol. The van der Waals surface area contributed by atoms with E-state index < -0.39 is 0 Å². The first-order valence-electron chi connectivity index (χ1n) is 11.0. The highest BCUT2D eigenvalue weighted by atomic mass is 19.1. The molecule has 0 N–H and O–H groups in total. The minimum atomic E-state index is -0.275. The molecule has 29 heavy (non-hydrogen) atoms. The molecule has 4 heteroatoms. The van der Waals surface area contributed by atoms with Crippen molar-refractivity contribution in [1.29, 1.82) is 0 Å². The molecule has 0 saturated heterocycles. The molecule has 1 heterocycles. The number of rotatable bonds is 2. The maximum absolute atomic E-state index is 13.8. The fourth-order valence-corrected chi connectivity index (χ4v) is 7.19. The Hall–Kier alpha value is -2.10. The maximum atomic E-state index is 13.8. The predicted octanol–water partition coefficient (Wildman–Crippen LogP) is 6.48. The van der Waals surface area contributed by atoms with E-state index in [0.717, 1.165) is 31.2 Å². The van der Waals surface area contributed by atoms with Gasteiger partial charge in [-0.15, -0.1) is 0 Å². The van der Waals surface area contributed by atoms with Crippen molar-refractivity contribution < 1.29 is 4.39 Å². The molecule has 1 aromatic rings. The first-order chi connectivity index (χ1) is 13.9. The van der Waals surface area contributed by atoms with E-state index in [-0.39, 0.29) is 22.7 Å². The molecule has 4 aliphatic carbocycles. The summed E-state index contributed by atoms with van der Waals surface area (Å²) in [7, 11) is 0. The molecule has 5 rings (SSSR count). The number of aromatic nitrogens is 1. The Bertz CT molecular complexity index is 963. The second kappa shape index (κ2) is 6.45. The summed E-state index contributed by atoms with van der Waals surface area (Å²) in [6.45, 7) is 7.08. The maximum Gasteiger partial charge on any atom is 0.142 e. The zero-order valence-corrected chi connectivity index (χ0v) is 17.5. The average Bonchev–Trinajstić information content (AvgIpc) is 3.05. The standard InChI is InChI=1S/C25H29FN2O/c1-15-10-19-21-5-4-20(16-11-17(26)14-27-13-16)24(21,2)9-7-22(19)25(3)8-6-18(28-29)12-23(15)25/h4-5,11-15,18-19,22H,6-10H2,1-3H3. The molecule has 4 aliphatic rings. The van der Waals surface area contributed by atoms with Crippen LogP contribution in [0.3, 0.4) is 0 Å². The number of pyridine rings is 1. The third-order valence-corrected chi connectivity index (χ3v) is 8.60. The van der Waals surface area contributed by atoms with Gasteiger partial charge in [-0.2, -0.15) is 4.91 Å². The fraction of sp³-hybridized carbons (Fsp3) is 0.560. The minimum absolute atomic E-state index is 0.0323. The molecular weight excluding hydrogens is 363 g/mol. The number of allylic oxidation sites excluding steroid dienone is 5. The van der Waals surface area contributed by atoms with Crippen molar-refractivity contribution in [2.45, 2.75) is 58.9 Å². The molecule has 0 bridgehead atoms. The van der Waals surface area contributed by atoms with Gasteiger partial charge >= 0.3 is 0 Å². The smallest absolute Gasteiger partial charge is 0.142 e. The van der Waals surface area contributed by atoms with Gasteiger partial charge in [0.05, 0.1) is 6.20 Å². The van der Waals surface area contributed by atoms with Crippen LogP contribution in [0.15, 0.2) is 53.0 Å². The summed E-state index contributed by atoms with van der Waals surface area (Å²) in [5, 5.41) is 3.34. The van der Waals surface area contributed by atoms with E-state index in [1.165, 1.54) is 29.3 Å². The highest BCUT2D eigenvalue weighted by molar-refractivity contribution is 5.78. The molecule has 6 atom stereocenters. The third-order valence-electron chi connectivity index (χ3n) is 8.60. The number of hydrogen-bond acceptors (Lipinski definition) is 3. The molecule has 1 aromatic heterocycles. The van der Waals surface area contributed by atoms with Crippen LogP contribution in [-0.4, -0.2) is 11.0 Å². The van der Waals surface area contributed by atoms with E-state index in [1.54, 1.807) is 12.3 Å². The zero-order chi connectivity index (χ0) is 20.4. The van der Waals surface area contributed by atoms with E-state index in [4.69, 9.17) is 0 Å². The van der Waals surface area contributed by atoms with Crippen LogP contribution < -0.4 is 0 Å². The second-order valence-corrected chi connectivity index (χ2v) is 10.1. The lowest BCUT2D eigenvalue weighted by Gasteiger charge is -2.58. The van der Waals surface area contributed by atoms with Gasteiger partial charge in [0, 0.05) is 11.6 Å². The average molecular weight is 393 g/mol. The van der Waals surface area contributed by atoms with Gasteiger partial charge < -0.3 is 0 Å². The van der Waals surface area contributed by atoms with Crippen molar-refractivity contribution in [3.05, 3.63) is 64.1 Å². The van der Waals surface area contributed by atoms with Crippen molar-refractivity contribution in [1.82, 2.24) is 4.98 Å². The fourth-order valence-electron chi connectivity index (χ4n) is 7.19. The van der Waals surface area contributed by atoms with Gasteiger partial charge in [-0.3, -0.25) is 4.98 Å². The molecule has 3 nitrogen and oxygen atoms in total. The van der Waals surface area contributed by atoms with Gasteiger partial charge in [0.2, 0.25) is 0 Å². The van der Waals surface area contributed by atoms with Gasteiger partial charge in [-0.1, -0.05) is 55.3 Å². The lowest BCUT2D eigenvalue weighted by molar-refractivity contribution is 0.0460. The van der Waals surface area contributed by atoms with Crippen LogP contribution in [0.25, 0.3) is 5.57 Å². The van der Waals surface area contributed by atoms with Crippen molar-refractivity contribution in [2.24, 2.45) is 33.8 Å². The minimum Gasteiger partial charge on any atom is -0.261 e.